The van der Waals surface area contributed by atoms with Crippen LogP contribution >= 0.6 is 15.9 Å². The molecule has 1 aromatic rings. The van der Waals surface area contributed by atoms with Crippen LogP contribution in [-0.2, 0) is 0 Å². The molecular weight excluding hydrogens is 236 g/mol. The van der Waals surface area contributed by atoms with E-state index in [4.69, 9.17) is 5.11 Å². The summed E-state index contributed by atoms with van der Waals surface area (Å²) in [6.45, 7) is 0. The fraction of sp³-hybridized carbons (Fsp3) is 0.375. The van der Waals surface area contributed by atoms with Crippen molar-refractivity contribution >= 4 is 21.9 Å². The second kappa shape index (κ2) is 3.06. The van der Waals surface area contributed by atoms with Crippen LogP contribution in [0.3, 0.4) is 0 Å². The van der Waals surface area contributed by atoms with Gasteiger partial charge in [-0.2, -0.15) is 0 Å². The predicted molar refractivity (Wildman–Crippen MR) is 48.7 cm³/mol. The molecule has 68 valence electrons. The monoisotopic (exact) mass is 242 g/mol. The van der Waals surface area contributed by atoms with Crippen molar-refractivity contribution < 1.29 is 9.90 Å². The molecule has 0 aromatic carbocycles. The van der Waals surface area contributed by atoms with Gasteiger partial charge < -0.3 is 5.11 Å². The molecule has 0 amide bonds. The highest BCUT2D eigenvalue weighted by atomic mass is 79.9. The molecule has 1 saturated carbocycles. The first-order valence-corrected chi connectivity index (χ1v) is 4.74. The zero-order valence-electron chi connectivity index (χ0n) is 6.70. The molecule has 1 aliphatic carbocycles. The van der Waals surface area contributed by atoms with Crippen molar-refractivity contribution in [1.82, 2.24) is 9.97 Å². The third kappa shape index (κ3) is 1.85. The molecule has 5 heteroatoms. The molecule has 2 rings (SSSR count). The fourth-order valence-electron chi connectivity index (χ4n) is 1.13. The third-order valence-electron chi connectivity index (χ3n) is 1.93. The lowest BCUT2D eigenvalue weighted by Gasteiger charge is -1.99. The van der Waals surface area contributed by atoms with E-state index in [1.807, 2.05) is 0 Å². The minimum atomic E-state index is -1.01. The Morgan fingerprint density at radius 3 is 2.77 bits per heavy atom. The van der Waals surface area contributed by atoms with Crippen molar-refractivity contribution in [2.24, 2.45) is 0 Å². The summed E-state index contributed by atoms with van der Waals surface area (Å²) in [6.07, 6.45) is 2.20. The quantitative estimate of drug-likeness (QED) is 0.804. The first-order chi connectivity index (χ1) is 6.16. The highest BCUT2D eigenvalue weighted by Crippen LogP contribution is 2.39. The number of carboxylic acids is 1. The van der Waals surface area contributed by atoms with E-state index in [-0.39, 0.29) is 5.69 Å². The summed E-state index contributed by atoms with van der Waals surface area (Å²) in [5.41, 5.74) is 0.892. The van der Waals surface area contributed by atoms with E-state index in [0.29, 0.717) is 10.7 Å². The van der Waals surface area contributed by atoms with E-state index in [2.05, 4.69) is 25.9 Å². The second-order valence-electron chi connectivity index (χ2n) is 3.03. The lowest BCUT2D eigenvalue weighted by Crippen LogP contribution is -2.03. The Morgan fingerprint density at radius 2 is 2.23 bits per heavy atom. The maximum Gasteiger partial charge on any atom is 0.354 e. The Bertz CT molecular complexity index is 363. The number of aromatic nitrogens is 2. The van der Waals surface area contributed by atoms with Crippen LogP contribution in [0.15, 0.2) is 10.8 Å². The third-order valence-corrected chi connectivity index (χ3v) is 2.29. The molecule has 1 heterocycles. The minimum Gasteiger partial charge on any atom is -0.477 e. The molecule has 1 N–H and O–H groups in total. The first kappa shape index (κ1) is 8.62. The fourth-order valence-corrected chi connectivity index (χ4v) is 1.53. The lowest BCUT2D eigenvalue weighted by atomic mass is 10.2. The standard InChI is InChI=1S/C8H7BrN2O2/c9-8-10-5(4-1-2-4)3-6(11-8)7(12)13/h3-4H,1-2H2,(H,12,13). The number of aromatic carboxylic acids is 1. The molecule has 0 aliphatic heterocycles. The smallest absolute Gasteiger partial charge is 0.354 e. The maximum atomic E-state index is 10.6. The number of carboxylic acid groups (broad SMARTS) is 1. The molecule has 0 spiro atoms. The van der Waals surface area contributed by atoms with Crippen molar-refractivity contribution in [3.8, 4) is 0 Å². The van der Waals surface area contributed by atoms with E-state index < -0.39 is 5.97 Å². The van der Waals surface area contributed by atoms with Gasteiger partial charge >= 0.3 is 5.97 Å². The van der Waals surface area contributed by atoms with Gasteiger partial charge in [0.25, 0.3) is 0 Å². The van der Waals surface area contributed by atoms with Crippen LogP contribution in [0.25, 0.3) is 0 Å². The van der Waals surface area contributed by atoms with Gasteiger partial charge in [0.05, 0.1) is 0 Å². The maximum absolute atomic E-state index is 10.6. The molecule has 4 nitrogen and oxygen atoms in total. The van der Waals surface area contributed by atoms with Crippen molar-refractivity contribution in [2.75, 3.05) is 0 Å². The molecule has 0 unspecified atom stereocenters. The van der Waals surface area contributed by atoms with Crippen LogP contribution in [0.4, 0.5) is 0 Å². The Labute approximate surface area is 83.1 Å². The van der Waals surface area contributed by atoms with E-state index in [1.165, 1.54) is 0 Å². The number of carbonyl (C=O) groups is 1. The largest absolute Gasteiger partial charge is 0.477 e. The van der Waals surface area contributed by atoms with E-state index in [1.54, 1.807) is 6.07 Å². The molecule has 0 saturated heterocycles. The van der Waals surface area contributed by atoms with Gasteiger partial charge in [-0.15, -0.1) is 0 Å². The van der Waals surface area contributed by atoms with Crippen molar-refractivity contribution in [3.63, 3.8) is 0 Å². The second-order valence-corrected chi connectivity index (χ2v) is 3.74. The van der Waals surface area contributed by atoms with Gasteiger partial charge in [0.15, 0.2) is 10.4 Å². The minimum absolute atomic E-state index is 0.0591. The Balaban J connectivity index is 2.41. The average molecular weight is 243 g/mol. The normalized spacial score (nSPS) is 15.8. The van der Waals surface area contributed by atoms with Crippen molar-refractivity contribution in [1.29, 1.82) is 0 Å². The lowest BCUT2D eigenvalue weighted by molar-refractivity contribution is 0.0690. The summed E-state index contributed by atoms with van der Waals surface area (Å²) < 4.78 is 0.356. The topological polar surface area (TPSA) is 63.1 Å². The highest BCUT2D eigenvalue weighted by molar-refractivity contribution is 9.10. The van der Waals surface area contributed by atoms with Crippen LogP contribution in [0.2, 0.25) is 0 Å². The molecule has 1 aliphatic rings. The van der Waals surface area contributed by atoms with Crippen LogP contribution in [-0.4, -0.2) is 21.0 Å². The summed E-state index contributed by atoms with van der Waals surface area (Å²) in [5.74, 6) is -0.567. The number of rotatable bonds is 2. The van der Waals surface area contributed by atoms with Gasteiger partial charge in [0.1, 0.15) is 0 Å². The summed E-state index contributed by atoms with van der Waals surface area (Å²) in [7, 11) is 0. The predicted octanol–water partition coefficient (Wildman–Crippen LogP) is 1.81. The van der Waals surface area contributed by atoms with Crippen LogP contribution in [0, 0.1) is 0 Å². The first-order valence-electron chi connectivity index (χ1n) is 3.94. The van der Waals surface area contributed by atoms with E-state index in [9.17, 15) is 4.79 Å². The van der Waals surface area contributed by atoms with Gasteiger partial charge in [0.2, 0.25) is 0 Å². The Hall–Kier alpha value is -0.970. The molecular formula is C8H7BrN2O2. The highest BCUT2D eigenvalue weighted by Gasteiger charge is 2.26. The number of hydrogen-bond donors (Lipinski definition) is 1. The molecule has 1 fully saturated rings. The summed E-state index contributed by atoms with van der Waals surface area (Å²) >= 11 is 3.09. The number of halogens is 1. The van der Waals surface area contributed by atoms with Crippen molar-refractivity contribution in [2.45, 2.75) is 18.8 Å². The van der Waals surface area contributed by atoms with Gasteiger partial charge in [-0.05, 0) is 34.8 Å². The van der Waals surface area contributed by atoms with Gasteiger partial charge in [0, 0.05) is 11.6 Å². The van der Waals surface area contributed by atoms with Crippen LogP contribution in [0.1, 0.15) is 34.9 Å². The summed E-state index contributed by atoms with van der Waals surface area (Å²) in [6, 6.07) is 1.55. The van der Waals surface area contributed by atoms with Gasteiger partial charge in [-0.25, -0.2) is 14.8 Å². The Kier molecular flexibility index (Phi) is 2.03. The van der Waals surface area contributed by atoms with Crippen LogP contribution < -0.4 is 0 Å². The zero-order valence-corrected chi connectivity index (χ0v) is 8.28. The molecule has 0 bridgehead atoms. The average Bonchev–Trinajstić information content (AvgIpc) is 2.85. The van der Waals surface area contributed by atoms with E-state index >= 15 is 0 Å². The Morgan fingerprint density at radius 1 is 1.54 bits per heavy atom. The zero-order chi connectivity index (χ0) is 9.42. The molecule has 0 radical (unpaired) electrons. The number of nitrogens with zero attached hydrogens (tertiary/aromatic N) is 2. The summed E-state index contributed by atoms with van der Waals surface area (Å²) in [5, 5.41) is 8.72. The van der Waals surface area contributed by atoms with Gasteiger partial charge in [-0.1, -0.05) is 0 Å². The summed E-state index contributed by atoms with van der Waals surface area (Å²) in [4.78, 5) is 18.5. The molecule has 13 heavy (non-hydrogen) atoms. The van der Waals surface area contributed by atoms with Gasteiger partial charge in [-0.3, -0.25) is 0 Å². The number of hydrogen-bond acceptors (Lipinski definition) is 3. The molecule has 1 aromatic heterocycles. The van der Waals surface area contributed by atoms with E-state index in [0.717, 1.165) is 18.5 Å². The van der Waals surface area contributed by atoms with Crippen molar-refractivity contribution in [3.05, 3.63) is 22.2 Å². The molecule has 0 atom stereocenters. The SMILES string of the molecule is O=C(O)c1cc(C2CC2)nc(Br)n1. The van der Waals surface area contributed by atoms with Crippen LogP contribution in [0.5, 0.6) is 0 Å².